The quantitative estimate of drug-likeness (QED) is 0.335. The van der Waals surface area contributed by atoms with Crippen molar-refractivity contribution in [2.75, 3.05) is 12.3 Å². The number of ether oxygens (including phenoxy) is 1. The van der Waals surface area contributed by atoms with E-state index in [1.165, 1.54) is 6.07 Å². The van der Waals surface area contributed by atoms with Crippen molar-refractivity contribution in [3.63, 3.8) is 0 Å². The van der Waals surface area contributed by atoms with E-state index < -0.39 is 22.1 Å². The van der Waals surface area contributed by atoms with Gasteiger partial charge in [0.05, 0.1) is 27.9 Å². The average Bonchev–Trinajstić information content (AvgIpc) is 3.14. The summed E-state index contributed by atoms with van der Waals surface area (Å²) in [6.07, 6.45) is 4.29. The van der Waals surface area contributed by atoms with Crippen molar-refractivity contribution in [2.45, 2.75) is 25.5 Å². The lowest BCUT2D eigenvalue weighted by Gasteiger charge is -2.23. The Labute approximate surface area is 173 Å². The van der Waals surface area contributed by atoms with E-state index in [0.29, 0.717) is 17.6 Å². The molecule has 1 atom stereocenters. The molecule has 9 nitrogen and oxygen atoms in total. The van der Waals surface area contributed by atoms with Gasteiger partial charge in [0.25, 0.3) is 5.69 Å². The molecule has 4 rings (SSSR count). The average molecular weight is 461 g/mol. The molecule has 1 aromatic heterocycles. The van der Waals surface area contributed by atoms with Gasteiger partial charge in [-0.3, -0.25) is 10.1 Å². The summed E-state index contributed by atoms with van der Waals surface area (Å²) in [5.74, 6) is -1.46. The predicted octanol–water partition coefficient (Wildman–Crippen LogP) is 4.35. The Morgan fingerprint density at radius 2 is 2.17 bits per heavy atom. The predicted molar refractivity (Wildman–Crippen MR) is 110 cm³/mol. The first-order valence-electron chi connectivity index (χ1n) is 8.98. The molecule has 3 aromatic rings. The molecule has 0 spiro atoms. The van der Waals surface area contributed by atoms with E-state index >= 15 is 0 Å². The molecule has 10 heteroatoms. The van der Waals surface area contributed by atoms with E-state index in [4.69, 9.17) is 10.5 Å². The third-order valence-corrected chi connectivity index (χ3v) is 5.70. The Morgan fingerprint density at radius 1 is 1.38 bits per heavy atom. The Bertz CT molecular complexity index is 1140. The fraction of sp³-hybridized carbons (Fsp3) is 0.263. The van der Waals surface area contributed by atoms with Crippen molar-refractivity contribution in [2.24, 2.45) is 0 Å². The second kappa shape index (κ2) is 7.45. The van der Waals surface area contributed by atoms with Crippen LogP contribution in [0.4, 0.5) is 11.4 Å². The van der Waals surface area contributed by atoms with Crippen LogP contribution < -0.4 is 5.73 Å². The highest BCUT2D eigenvalue weighted by Crippen LogP contribution is 2.43. The minimum absolute atomic E-state index is 0.156. The van der Waals surface area contributed by atoms with E-state index in [2.05, 4.69) is 21.0 Å². The van der Waals surface area contributed by atoms with Gasteiger partial charge in [0, 0.05) is 16.5 Å². The number of rotatable bonds is 4. The third kappa shape index (κ3) is 3.23. The number of halogens is 1. The molecule has 150 valence electrons. The van der Waals surface area contributed by atoms with Crippen molar-refractivity contribution < 1.29 is 19.6 Å². The van der Waals surface area contributed by atoms with Crippen molar-refractivity contribution in [1.29, 1.82) is 0 Å². The van der Waals surface area contributed by atoms with Crippen molar-refractivity contribution in [1.82, 2.24) is 9.78 Å². The molecule has 1 unspecified atom stereocenters. The molecule has 1 aliphatic rings. The zero-order valence-corrected chi connectivity index (χ0v) is 16.8. The van der Waals surface area contributed by atoms with Gasteiger partial charge in [0.15, 0.2) is 11.8 Å². The highest BCUT2D eigenvalue weighted by molar-refractivity contribution is 9.10. The SMILES string of the molecule is Nc1c(Br)cc(-c2cccc3c2cnn3C2CCCCO2)c([N+](=O)[O-])c1C(=O)O. The van der Waals surface area contributed by atoms with E-state index in [1.54, 1.807) is 23.0 Å². The largest absolute Gasteiger partial charge is 0.477 e. The van der Waals surface area contributed by atoms with Crippen LogP contribution in [0.2, 0.25) is 0 Å². The maximum Gasteiger partial charge on any atom is 0.344 e. The van der Waals surface area contributed by atoms with Gasteiger partial charge in [-0.05, 0) is 52.9 Å². The molecule has 1 aliphatic heterocycles. The van der Waals surface area contributed by atoms with Crippen LogP contribution in [0, 0.1) is 10.1 Å². The third-order valence-electron chi connectivity index (χ3n) is 5.05. The summed E-state index contributed by atoms with van der Waals surface area (Å²) in [5.41, 5.74) is 5.95. The van der Waals surface area contributed by atoms with Gasteiger partial charge in [0.2, 0.25) is 0 Å². The first kappa shape index (κ1) is 19.3. The Hall–Kier alpha value is -2.98. The molecule has 0 saturated carbocycles. The number of nitro benzene ring substituents is 1. The number of nitrogens with two attached hydrogens (primary N) is 1. The van der Waals surface area contributed by atoms with Crippen LogP contribution >= 0.6 is 15.9 Å². The summed E-state index contributed by atoms with van der Waals surface area (Å²) in [7, 11) is 0. The van der Waals surface area contributed by atoms with Gasteiger partial charge in [0.1, 0.15) is 0 Å². The summed E-state index contributed by atoms with van der Waals surface area (Å²) in [6.45, 7) is 0.657. The number of hydrogen-bond acceptors (Lipinski definition) is 6. The lowest BCUT2D eigenvalue weighted by molar-refractivity contribution is -0.384. The number of carboxylic acid groups (broad SMARTS) is 1. The molecule has 0 amide bonds. The number of nitrogens with zero attached hydrogens (tertiary/aromatic N) is 3. The van der Waals surface area contributed by atoms with Gasteiger partial charge in [-0.25, -0.2) is 9.48 Å². The first-order valence-corrected chi connectivity index (χ1v) is 9.77. The van der Waals surface area contributed by atoms with Crippen molar-refractivity contribution in [3.05, 3.63) is 50.6 Å². The van der Waals surface area contributed by atoms with Crippen LogP contribution in [0.5, 0.6) is 0 Å². The topological polar surface area (TPSA) is 134 Å². The van der Waals surface area contributed by atoms with Crippen LogP contribution in [-0.4, -0.2) is 32.4 Å². The number of aromatic nitrogens is 2. The van der Waals surface area contributed by atoms with Crippen LogP contribution in [0.1, 0.15) is 35.8 Å². The fourth-order valence-electron chi connectivity index (χ4n) is 3.72. The molecule has 2 heterocycles. The maximum atomic E-state index is 11.8. The molecule has 0 aliphatic carbocycles. The molecule has 3 N–H and O–H groups in total. The number of nitrogen functional groups attached to an aromatic ring is 1. The van der Waals surface area contributed by atoms with Crippen molar-refractivity contribution in [3.8, 4) is 11.1 Å². The smallest absolute Gasteiger partial charge is 0.344 e. The molecular weight excluding hydrogens is 444 g/mol. The monoisotopic (exact) mass is 460 g/mol. The van der Waals surface area contributed by atoms with E-state index in [-0.39, 0.29) is 22.0 Å². The molecule has 1 saturated heterocycles. The molecule has 1 fully saturated rings. The number of benzene rings is 2. The summed E-state index contributed by atoms with van der Waals surface area (Å²) in [6, 6.07) is 6.79. The Morgan fingerprint density at radius 3 is 2.83 bits per heavy atom. The molecule has 29 heavy (non-hydrogen) atoms. The van der Waals surface area contributed by atoms with Crippen LogP contribution in [0.25, 0.3) is 22.0 Å². The van der Waals surface area contributed by atoms with Gasteiger partial charge >= 0.3 is 5.97 Å². The Balaban J connectivity index is 1.97. The first-order chi connectivity index (χ1) is 13.9. The second-order valence-electron chi connectivity index (χ2n) is 6.75. The zero-order valence-electron chi connectivity index (χ0n) is 15.2. The van der Waals surface area contributed by atoms with E-state index in [0.717, 1.165) is 24.8 Å². The number of carboxylic acids is 1. The fourth-order valence-corrected chi connectivity index (χ4v) is 4.14. The summed E-state index contributed by atoms with van der Waals surface area (Å²) in [5, 5.41) is 26.5. The second-order valence-corrected chi connectivity index (χ2v) is 7.61. The maximum absolute atomic E-state index is 11.8. The van der Waals surface area contributed by atoms with Crippen molar-refractivity contribution >= 4 is 44.2 Å². The highest BCUT2D eigenvalue weighted by atomic mass is 79.9. The number of fused-ring (bicyclic) bond motifs is 1. The van der Waals surface area contributed by atoms with Crippen LogP contribution in [0.3, 0.4) is 0 Å². The Kier molecular flexibility index (Phi) is 4.97. The molecule has 0 radical (unpaired) electrons. The van der Waals surface area contributed by atoms with Gasteiger partial charge in [-0.15, -0.1) is 0 Å². The van der Waals surface area contributed by atoms with Gasteiger partial charge in [-0.2, -0.15) is 5.10 Å². The highest BCUT2D eigenvalue weighted by Gasteiger charge is 2.31. The lowest BCUT2D eigenvalue weighted by Crippen LogP contribution is -2.18. The van der Waals surface area contributed by atoms with Gasteiger partial charge in [-0.1, -0.05) is 12.1 Å². The standard InChI is InChI=1S/C19H17BrN4O5/c20-13-8-11(18(24(27)28)16(17(13)21)19(25)26)10-4-3-5-14-12(10)9-22-23(14)15-6-1-2-7-29-15/h3-5,8-9,15H,1-2,6-7,21H2,(H,25,26). The number of nitro groups is 1. The number of anilines is 1. The minimum Gasteiger partial charge on any atom is -0.477 e. The summed E-state index contributed by atoms with van der Waals surface area (Å²) < 4.78 is 7.86. The van der Waals surface area contributed by atoms with Crippen LogP contribution in [-0.2, 0) is 4.74 Å². The zero-order chi connectivity index (χ0) is 20.7. The lowest BCUT2D eigenvalue weighted by atomic mass is 9.96. The number of aromatic carboxylic acids is 1. The van der Waals surface area contributed by atoms with Gasteiger partial charge < -0.3 is 15.6 Å². The molecular formula is C19H17BrN4O5. The normalized spacial score (nSPS) is 16.8. The van der Waals surface area contributed by atoms with E-state index in [9.17, 15) is 20.0 Å². The number of carbonyl (C=O) groups is 1. The molecule has 2 aromatic carbocycles. The minimum atomic E-state index is -1.46. The van der Waals surface area contributed by atoms with Crippen LogP contribution in [0.15, 0.2) is 34.9 Å². The summed E-state index contributed by atoms with van der Waals surface area (Å²) >= 11 is 3.23. The molecule has 0 bridgehead atoms. The summed E-state index contributed by atoms with van der Waals surface area (Å²) in [4.78, 5) is 22.8. The van der Waals surface area contributed by atoms with E-state index in [1.807, 2.05) is 6.07 Å². The number of hydrogen-bond donors (Lipinski definition) is 2.